The lowest BCUT2D eigenvalue weighted by molar-refractivity contribution is 0.559. The summed E-state index contributed by atoms with van der Waals surface area (Å²) >= 11 is 0. The molecule has 0 atom stereocenters. The van der Waals surface area contributed by atoms with E-state index in [-0.39, 0.29) is 10.8 Å². The second-order valence-corrected chi connectivity index (χ2v) is 10.3. The van der Waals surface area contributed by atoms with E-state index in [1.165, 1.54) is 33.2 Å². The number of benzene rings is 2. The van der Waals surface area contributed by atoms with Crippen LogP contribution in [0.15, 0.2) is 42.5 Å². The molecule has 0 saturated heterocycles. The van der Waals surface area contributed by atoms with Gasteiger partial charge in [0.15, 0.2) is 0 Å². The van der Waals surface area contributed by atoms with Crippen LogP contribution < -0.4 is 0 Å². The minimum absolute atomic E-state index is 0.151. The maximum absolute atomic E-state index is 4.82. The first-order chi connectivity index (χ1) is 16.0. The smallest absolute Gasteiger partial charge is 0.0737 e. The quantitative estimate of drug-likeness (QED) is 0.355. The number of nitrogens with zero attached hydrogens (tertiary/aromatic N) is 1. The molecule has 3 aromatic rings. The molecule has 0 bridgehead atoms. The third kappa shape index (κ3) is 8.32. The zero-order valence-electron chi connectivity index (χ0n) is 24.1. The zero-order valence-corrected chi connectivity index (χ0v) is 24.1. The van der Waals surface area contributed by atoms with Gasteiger partial charge in [0.25, 0.3) is 0 Å². The molecule has 0 saturated carbocycles. The number of pyridine rings is 1. The summed E-state index contributed by atoms with van der Waals surface area (Å²) in [6.45, 7) is 26.3. The monoisotopic (exact) mass is 459 g/mol. The van der Waals surface area contributed by atoms with Gasteiger partial charge in [-0.15, -0.1) is 12.8 Å². The summed E-state index contributed by atoms with van der Waals surface area (Å²) in [5.74, 6) is 0. The van der Waals surface area contributed by atoms with E-state index in [4.69, 9.17) is 4.98 Å². The number of rotatable bonds is 3. The van der Waals surface area contributed by atoms with Crippen molar-refractivity contribution in [1.29, 1.82) is 0 Å². The number of hydrogen-bond acceptors (Lipinski definition) is 1. The maximum Gasteiger partial charge on any atom is 0.0737 e. The molecule has 0 aliphatic heterocycles. The highest BCUT2D eigenvalue weighted by Crippen LogP contribution is 2.35. The molecular weight excluding hydrogens is 410 g/mol. The minimum Gasteiger partial charge on any atom is -0.253 e. The molecule has 34 heavy (non-hydrogen) atoms. The molecule has 186 valence electrons. The summed E-state index contributed by atoms with van der Waals surface area (Å²) in [5.41, 5.74) is 9.72. The first kappa shape index (κ1) is 31.4. The molecule has 0 aliphatic rings. The Balaban J connectivity index is 0.00000168. The van der Waals surface area contributed by atoms with Crippen LogP contribution in [0, 0.1) is 26.7 Å². The Labute approximate surface area is 211 Å². The second-order valence-electron chi connectivity index (χ2n) is 10.3. The van der Waals surface area contributed by atoms with Gasteiger partial charge in [-0.2, -0.15) is 0 Å². The third-order valence-corrected chi connectivity index (χ3v) is 5.71. The summed E-state index contributed by atoms with van der Waals surface area (Å²) in [4.78, 5) is 4.82. The Kier molecular flexibility index (Phi) is 12.9. The van der Waals surface area contributed by atoms with E-state index < -0.39 is 0 Å². The fraction of sp³-hybridized carbons (Fsp3) is 0.485. The van der Waals surface area contributed by atoms with Crippen LogP contribution in [0.3, 0.4) is 0 Å². The van der Waals surface area contributed by atoms with Gasteiger partial charge in [0.05, 0.1) is 5.52 Å². The van der Waals surface area contributed by atoms with Gasteiger partial charge in [0.1, 0.15) is 0 Å². The molecule has 0 fully saturated rings. The molecule has 2 aromatic carbocycles. The Bertz CT molecular complexity index is 1000. The van der Waals surface area contributed by atoms with Gasteiger partial charge >= 0.3 is 0 Å². The van der Waals surface area contributed by atoms with Crippen molar-refractivity contribution in [3.05, 3.63) is 76.0 Å². The normalized spacial score (nSPS) is 10.8. The molecule has 0 spiro atoms. The Morgan fingerprint density at radius 2 is 1.21 bits per heavy atom. The lowest BCUT2D eigenvalue weighted by atomic mass is 9.75. The van der Waals surface area contributed by atoms with E-state index in [0.717, 1.165) is 24.1 Å². The highest BCUT2D eigenvalue weighted by Gasteiger charge is 2.24. The van der Waals surface area contributed by atoms with Crippen molar-refractivity contribution in [2.24, 2.45) is 0 Å². The van der Waals surface area contributed by atoms with Gasteiger partial charge in [-0.3, -0.25) is 4.98 Å². The van der Waals surface area contributed by atoms with Crippen LogP contribution in [0.5, 0.6) is 0 Å². The van der Waals surface area contributed by atoms with Gasteiger partial charge in [-0.25, -0.2) is 0 Å². The predicted molar refractivity (Wildman–Crippen MR) is 155 cm³/mol. The largest absolute Gasteiger partial charge is 0.253 e. The summed E-state index contributed by atoms with van der Waals surface area (Å²) in [5, 5.41) is 1.23. The van der Waals surface area contributed by atoms with E-state index >= 15 is 0 Å². The molecule has 1 heterocycles. The average molecular weight is 460 g/mol. The van der Waals surface area contributed by atoms with E-state index in [1.54, 1.807) is 0 Å². The standard InChI is InChI=1S/C27H35N.2C2H6.C2H2/c1-18-12-14-21-10-9-11-22(25(21)28-18)15-13-20-16-23(26(3,4)5)19(2)24(17-20)27(6,7)8;3*1-2/h9-12,14,16-17H,13,15H2,1-8H3;2*1-2H3;1-2H. The van der Waals surface area contributed by atoms with Crippen molar-refractivity contribution in [3.8, 4) is 12.8 Å². The minimum atomic E-state index is 0.151. The van der Waals surface area contributed by atoms with E-state index in [2.05, 4.69) is 111 Å². The van der Waals surface area contributed by atoms with Crippen LogP contribution in [0.25, 0.3) is 10.9 Å². The van der Waals surface area contributed by atoms with Crippen LogP contribution in [-0.2, 0) is 23.7 Å². The second kappa shape index (κ2) is 14.0. The van der Waals surface area contributed by atoms with Gasteiger partial charge in [0, 0.05) is 11.1 Å². The van der Waals surface area contributed by atoms with Crippen LogP contribution in [-0.4, -0.2) is 4.98 Å². The van der Waals surface area contributed by atoms with Crippen molar-refractivity contribution >= 4 is 10.9 Å². The number of aryl methyl sites for hydroxylation is 3. The first-order valence-electron chi connectivity index (χ1n) is 12.8. The van der Waals surface area contributed by atoms with Crippen molar-refractivity contribution in [1.82, 2.24) is 4.98 Å². The highest BCUT2D eigenvalue weighted by molar-refractivity contribution is 5.82. The molecule has 1 nitrogen and oxygen atoms in total. The number of hydrogen-bond donors (Lipinski definition) is 0. The predicted octanol–water partition coefficient (Wildman–Crippen LogP) is 9.53. The molecule has 0 amide bonds. The van der Waals surface area contributed by atoms with Crippen LogP contribution in [0.4, 0.5) is 0 Å². The lowest BCUT2D eigenvalue weighted by Crippen LogP contribution is -2.20. The summed E-state index contributed by atoms with van der Waals surface area (Å²) in [6, 6.07) is 15.7. The van der Waals surface area contributed by atoms with Crippen molar-refractivity contribution in [2.45, 2.75) is 107 Å². The highest BCUT2D eigenvalue weighted by atomic mass is 14.7. The third-order valence-electron chi connectivity index (χ3n) is 5.71. The molecule has 1 aromatic heterocycles. The molecule has 0 N–H and O–H groups in total. The summed E-state index contributed by atoms with van der Waals surface area (Å²) < 4.78 is 0. The van der Waals surface area contributed by atoms with Crippen LogP contribution >= 0.6 is 0 Å². The Morgan fingerprint density at radius 1 is 0.706 bits per heavy atom. The fourth-order valence-electron chi connectivity index (χ4n) is 4.26. The summed E-state index contributed by atoms with van der Waals surface area (Å²) in [7, 11) is 0. The molecule has 3 rings (SSSR count). The number of fused-ring (bicyclic) bond motifs is 1. The van der Waals surface area contributed by atoms with Crippen molar-refractivity contribution in [3.63, 3.8) is 0 Å². The van der Waals surface area contributed by atoms with Gasteiger partial charge in [-0.05, 0) is 71.4 Å². The van der Waals surface area contributed by atoms with Crippen molar-refractivity contribution in [2.75, 3.05) is 0 Å². The maximum atomic E-state index is 4.82. The number of para-hydroxylation sites is 1. The van der Waals surface area contributed by atoms with E-state index in [9.17, 15) is 0 Å². The number of terminal acetylenes is 1. The molecule has 0 aliphatic carbocycles. The van der Waals surface area contributed by atoms with Gasteiger partial charge in [-0.1, -0.05) is 106 Å². The first-order valence-corrected chi connectivity index (χ1v) is 12.8. The van der Waals surface area contributed by atoms with Crippen molar-refractivity contribution < 1.29 is 0 Å². The lowest BCUT2D eigenvalue weighted by Gasteiger charge is -2.30. The van der Waals surface area contributed by atoms with E-state index in [1.807, 2.05) is 27.7 Å². The van der Waals surface area contributed by atoms with Gasteiger partial charge < -0.3 is 0 Å². The molecular formula is C33H49N. The average Bonchev–Trinajstić information content (AvgIpc) is 2.81. The van der Waals surface area contributed by atoms with Crippen LogP contribution in [0.1, 0.15) is 103 Å². The Morgan fingerprint density at radius 3 is 1.68 bits per heavy atom. The number of aromatic nitrogens is 1. The SMILES string of the molecule is C#C.CC.CC.Cc1ccc2cccc(CCc3cc(C(C)(C)C)c(C)c(C(C)(C)C)c3)c2n1. The zero-order chi connectivity index (χ0) is 26.7. The summed E-state index contributed by atoms with van der Waals surface area (Å²) in [6.07, 6.45) is 10.1. The Hall–Kier alpha value is -2.59. The van der Waals surface area contributed by atoms with Gasteiger partial charge in [0.2, 0.25) is 0 Å². The molecule has 0 unspecified atom stereocenters. The fourth-order valence-corrected chi connectivity index (χ4v) is 4.26. The van der Waals surface area contributed by atoms with Crippen LogP contribution in [0.2, 0.25) is 0 Å². The topological polar surface area (TPSA) is 12.9 Å². The molecule has 0 radical (unpaired) electrons. The molecule has 1 heteroatoms. The van der Waals surface area contributed by atoms with E-state index in [0.29, 0.717) is 0 Å².